The van der Waals surface area contributed by atoms with Gasteiger partial charge in [0, 0.05) is 48.9 Å². The SMILES string of the molecule is Cn1cc(/C=C/c2nc3cc([N+](=O)[O-])ccc3s2)c(-c2ccncc2)n1. The van der Waals surface area contributed by atoms with E-state index in [0.717, 1.165) is 26.5 Å². The van der Waals surface area contributed by atoms with E-state index in [-0.39, 0.29) is 5.69 Å². The number of aryl methyl sites for hydroxylation is 1. The molecule has 0 aliphatic heterocycles. The minimum absolute atomic E-state index is 0.0468. The Balaban J connectivity index is 1.69. The van der Waals surface area contributed by atoms with Gasteiger partial charge in [-0.2, -0.15) is 5.10 Å². The Bertz CT molecular complexity index is 1130. The van der Waals surface area contributed by atoms with Crippen molar-refractivity contribution in [2.45, 2.75) is 0 Å². The van der Waals surface area contributed by atoms with Crippen LogP contribution >= 0.6 is 11.3 Å². The molecule has 0 spiro atoms. The van der Waals surface area contributed by atoms with Gasteiger partial charge in [0.25, 0.3) is 5.69 Å². The molecule has 0 saturated carbocycles. The molecule has 0 fully saturated rings. The standard InChI is InChI=1S/C18H13N5O2S/c1-22-11-13(18(21-22)12-6-8-19-9-7-12)2-5-17-20-15-10-14(23(24)25)3-4-16(15)26-17/h2-11H,1H3/b5-2+. The summed E-state index contributed by atoms with van der Waals surface area (Å²) in [6, 6.07) is 8.55. The van der Waals surface area contributed by atoms with Crippen LogP contribution in [0.15, 0.2) is 48.9 Å². The van der Waals surface area contributed by atoms with Crippen LogP contribution in [0.2, 0.25) is 0 Å². The van der Waals surface area contributed by atoms with E-state index in [1.807, 2.05) is 37.5 Å². The Kier molecular flexibility index (Phi) is 4.02. The quantitative estimate of drug-likeness (QED) is 0.401. The summed E-state index contributed by atoms with van der Waals surface area (Å²) in [5.74, 6) is 0. The fraction of sp³-hybridized carbons (Fsp3) is 0.0556. The molecule has 3 heterocycles. The van der Waals surface area contributed by atoms with Gasteiger partial charge >= 0.3 is 0 Å². The number of benzene rings is 1. The third-order valence-electron chi connectivity index (χ3n) is 3.81. The van der Waals surface area contributed by atoms with Crippen molar-refractivity contribution >= 4 is 39.4 Å². The van der Waals surface area contributed by atoms with E-state index >= 15 is 0 Å². The zero-order chi connectivity index (χ0) is 18.1. The van der Waals surface area contributed by atoms with Crippen LogP contribution in [0.5, 0.6) is 0 Å². The van der Waals surface area contributed by atoms with Gasteiger partial charge in [-0.15, -0.1) is 11.3 Å². The van der Waals surface area contributed by atoms with Gasteiger partial charge in [0.05, 0.1) is 20.8 Å². The van der Waals surface area contributed by atoms with Crippen LogP contribution in [0.1, 0.15) is 10.6 Å². The number of nitro benzene ring substituents is 1. The van der Waals surface area contributed by atoms with Crippen LogP contribution in [-0.4, -0.2) is 24.7 Å². The summed E-state index contributed by atoms with van der Waals surface area (Å²) < 4.78 is 2.67. The Hall–Kier alpha value is -3.39. The lowest BCUT2D eigenvalue weighted by Gasteiger charge is -1.97. The van der Waals surface area contributed by atoms with E-state index in [1.165, 1.54) is 23.5 Å². The Morgan fingerprint density at radius 3 is 2.77 bits per heavy atom. The molecule has 8 heteroatoms. The predicted molar refractivity (Wildman–Crippen MR) is 102 cm³/mol. The van der Waals surface area contributed by atoms with Gasteiger partial charge in [0.15, 0.2) is 0 Å². The topological polar surface area (TPSA) is 86.7 Å². The molecule has 4 aromatic rings. The fourth-order valence-corrected chi connectivity index (χ4v) is 3.49. The van der Waals surface area contributed by atoms with E-state index in [2.05, 4.69) is 15.1 Å². The number of fused-ring (bicyclic) bond motifs is 1. The molecule has 1 aromatic carbocycles. The normalized spacial score (nSPS) is 11.4. The third kappa shape index (κ3) is 3.09. The molecule has 0 radical (unpaired) electrons. The van der Waals surface area contributed by atoms with Gasteiger partial charge < -0.3 is 0 Å². The zero-order valence-electron chi connectivity index (χ0n) is 13.7. The summed E-state index contributed by atoms with van der Waals surface area (Å²) in [7, 11) is 1.87. The first kappa shape index (κ1) is 16.1. The van der Waals surface area contributed by atoms with E-state index in [1.54, 1.807) is 23.1 Å². The predicted octanol–water partition coefficient (Wildman–Crippen LogP) is 4.17. The van der Waals surface area contributed by atoms with Crippen molar-refractivity contribution in [2.24, 2.45) is 7.05 Å². The number of rotatable bonds is 4. The highest BCUT2D eigenvalue weighted by Gasteiger charge is 2.10. The van der Waals surface area contributed by atoms with Crippen molar-refractivity contribution in [3.63, 3.8) is 0 Å². The number of non-ortho nitro benzene ring substituents is 1. The first-order chi connectivity index (χ1) is 12.6. The van der Waals surface area contributed by atoms with Gasteiger partial charge in [0.1, 0.15) is 5.01 Å². The number of thiazole rings is 1. The van der Waals surface area contributed by atoms with Crippen LogP contribution in [0.25, 0.3) is 33.6 Å². The summed E-state index contributed by atoms with van der Waals surface area (Å²) in [5, 5.41) is 16.2. The fourth-order valence-electron chi connectivity index (χ4n) is 2.64. The van der Waals surface area contributed by atoms with Crippen LogP contribution in [-0.2, 0) is 7.05 Å². The summed E-state index contributed by atoms with van der Waals surface area (Å²) in [5.41, 5.74) is 3.49. The molecule has 0 bridgehead atoms. The summed E-state index contributed by atoms with van der Waals surface area (Å²) in [6.07, 6.45) is 9.26. The van der Waals surface area contributed by atoms with Crippen molar-refractivity contribution in [3.8, 4) is 11.3 Å². The van der Waals surface area contributed by atoms with Gasteiger partial charge in [-0.1, -0.05) is 0 Å². The molecule has 7 nitrogen and oxygen atoms in total. The average Bonchev–Trinajstić information content (AvgIpc) is 3.22. The molecule has 0 saturated heterocycles. The van der Waals surface area contributed by atoms with Crippen molar-refractivity contribution in [2.75, 3.05) is 0 Å². The lowest BCUT2D eigenvalue weighted by Crippen LogP contribution is -1.87. The van der Waals surface area contributed by atoms with Gasteiger partial charge in [-0.05, 0) is 30.4 Å². The molecule has 0 N–H and O–H groups in total. The second-order valence-corrected chi connectivity index (χ2v) is 6.70. The van der Waals surface area contributed by atoms with Crippen molar-refractivity contribution in [3.05, 3.63) is 69.6 Å². The Morgan fingerprint density at radius 1 is 1.19 bits per heavy atom. The number of hydrogen-bond donors (Lipinski definition) is 0. The van der Waals surface area contributed by atoms with Crippen LogP contribution in [0.4, 0.5) is 5.69 Å². The maximum Gasteiger partial charge on any atom is 0.271 e. The lowest BCUT2D eigenvalue weighted by molar-refractivity contribution is -0.384. The highest BCUT2D eigenvalue weighted by Crippen LogP contribution is 2.28. The maximum atomic E-state index is 10.9. The molecule has 26 heavy (non-hydrogen) atoms. The minimum Gasteiger partial charge on any atom is -0.275 e. The zero-order valence-corrected chi connectivity index (χ0v) is 14.6. The monoisotopic (exact) mass is 363 g/mol. The number of pyridine rings is 1. The molecule has 4 rings (SSSR count). The van der Waals surface area contributed by atoms with Gasteiger partial charge in [-0.3, -0.25) is 19.8 Å². The number of aromatic nitrogens is 4. The molecular formula is C18H13N5O2S. The minimum atomic E-state index is -0.412. The van der Waals surface area contributed by atoms with Crippen molar-refractivity contribution < 1.29 is 4.92 Å². The highest BCUT2D eigenvalue weighted by atomic mass is 32.1. The summed E-state index contributed by atoms with van der Waals surface area (Å²) in [4.78, 5) is 19.0. The smallest absolute Gasteiger partial charge is 0.271 e. The molecule has 0 aliphatic rings. The maximum absolute atomic E-state index is 10.9. The van der Waals surface area contributed by atoms with Crippen LogP contribution in [0.3, 0.4) is 0 Å². The Morgan fingerprint density at radius 2 is 2.00 bits per heavy atom. The first-order valence-corrected chi connectivity index (χ1v) is 8.59. The molecule has 0 amide bonds. The number of nitro groups is 1. The summed E-state index contributed by atoms with van der Waals surface area (Å²) >= 11 is 1.49. The third-order valence-corrected chi connectivity index (χ3v) is 4.82. The summed E-state index contributed by atoms with van der Waals surface area (Å²) in [6.45, 7) is 0. The number of nitrogens with zero attached hydrogens (tertiary/aromatic N) is 5. The Labute approximate surface area is 152 Å². The van der Waals surface area contributed by atoms with E-state index in [0.29, 0.717) is 5.52 Å². The molecule has 0 unspecified atom stereocenters. The lowest BCUT2D eigenvalue weighted by atomic mass is 10.1. The second kappa shape index (κ2) is 6.49. The first-order valence-electron chi connectivity index (χ1n) is 7.77. The molecule has 128 valence electrons. The van der Waals surface area contributed by atoms with Gasteiger partial charge in [0.2, 0.25) is 0 Å². The molecular weight excluding hydrogens is 350 g/mol. The van der Waals surface area contributed by atoms with E-state index < -0.39 is 4.92 Å². The number of hydrogen-bond acceptors (Lipinski definition) is 6. The van der Waals surface area contributed by atoms with Crippen molar-refractivity contribution in [1.82, 2.24) is 19.7 Å². The highest BCUT2D eigenvalue weighted by molar-refractivity contribution is 7.19. The molecule has 0 atom stereocenters. The van der Waals surface area contributed by atoms with E-state index in [9.17, 15) is 10.1 Å². The second-order valence-electron chi connectivity index (χ2n) is 5.64. The van der Waals surface area contributed by atoms with E-state index in [4.69, 9.17) is 0 Å². The average molecular weight is 363 g/mol. The largest absolute Gasteiger partial charge is 0.275 e. The van der Waals surface area contributed by atoms with Crippen LogP contribution in [0, 0.1) is 10.1 Å². The van der Waals surface area contributed by atoms with Crippen molar-refractivity contribution in [1.29, 1.82) is 0 Å². The van der Waals surface area contributed by atoms with Crippen LogP contribution < -0.4 is 0 Å². The molecule has 0 aliphatic carbocycles. The van der Waals surface area contributed by atoms with Gasteiger partial charge in [-0.25, -0.2) is 4.98 Å². The molecule has 3 aromatic heterocycles.